The maximum atomic E-state index is 10.1. The lowest BCUT2D eigenvalue weighted by atomic mass is 9.87. The van der Waals surface area contributed by atoms with Crippen LogP contribution in [0.25, 0.3) is 0 Å². The Morgan fingerprint density at radius 2 is 0.429 bits per heavy atom. The van der Waals surface area contributed by atoms with Crippen LogP contribution in [0.5, 0.6) is 69.0 Å². The summed E-state index contributed by atoms with van der Waals surface area (Å²) in [4.78, 5) is 0. The predicted octanol–water partition coefficient (Wildman–Crippen LogP) is 3.72. The molecule has 0 spiro atoms. The lowest BCUT2D eigenvalue weighted by Crippen LogP contribution is -2.07. The summed E-state index contributed by atoms with van der Waals surface area (Å²) in [6.45, 7) is 0. The number of aromatic hydroxyl groups is 12. The molecule has 0 aliphatic rings. The summed E-state index contributed by atoms with van der Waals surface area (Å²) < 4.78 is 0. The number of phenols is 12. The lowest BCUT2D eigenvalue weighted by molar-refractivity contribution is 0.366. The highest BCUT2D eigenvalue weighted by Crippen LogP contribution is 2.41. The molecular weight excluding hydrogens is 552 g/mol. The van der Waals surface area contributed by atoms with Gasteiger partial charge in [0.05, 0.1) is 0 Å². The molecule has 0 amide bonds. The minimum Gasteiger partial charge on any atom is -0.504 e. The Morgan fingerprint density at radius 1 is 0.286 bits per heavy atom. The van der Waals surface area contributed by atoms with Gasteiger partial charge in [-0.2, -0.15) is 0 Å². The van der Waals surface area contributed by atoms with Crippen molar-refractivity contribution in [1.29, 1.82) is 0 Å². The first-order chi connectivity index (χ1) is 19.7. The van der Waals surface area contributed by atoms with E-state index in [0.717, 1.165) is 0 Å². The predicted molar refractivity (Wildman–Crippen MR) is 148 cm³/mol. The Bertz CT molecular complexity index is 1370. The van der Waals surface area contributed by atoms with Gasteiger partial charge in [-0.15, -0.1) is 0 Å². The fourth-order valence-corrected chi connectivity index (χ4v) is 4.66. The molecule has 12 heteroatoms. The van der Waals surface area contributed by atoms with Gasteiger partial charge < -0.3 is 61.3 Å². The normalized spacial score (nSPS) is 11.0. The quantitative estimate of drug-likeness (QED) is 0.105. The molecule has 0 heterocycles. The zero-order chi connectivity index (χ0) is 30.9. The molecule has 4 aromatic rings. The van der Waals surface area contributed by atoms with E-state index in [2.05, 4.69) is 0 Å². The minimum atomic E-state index is -0.733. The summed E-state index contributed by atoms with van der Waals surface area (Å²) in [6.07, 6.45) is -0.0904. The van der Waals surface area contributed by atoms with Crippen molar-refractivity contribution >= 4 is 0 Å². The lowest BCUT2D eigenvalue weighted by Gasteiger charge is -2.19. The Labute approximate surface area is 238 Å². The molecule has 12 N–H and O–H groups in total. The molecular formula is C30H28O12. The van der Waals surface area contributed by atoms with Gasteiger partial charge in [-0.05, 0) is 96.5 Å². The average molecular weight is 581 g/mol. The average Bonchev–Trinajstić information content (AvgIpc) is 2.91. The highest BCUT2D eigenvalue weighted by molar-refractivity contribution is 5.56. The van der Waals surface area contributed by atoms with Gasteiger partial charge in [-0.3, -0.25) is 0 Å². The summed E-state index contributed by atoms with van der Waals surface area (Å²) in [5.74, 6) is -7.77. The van der Waals surface area contributed by atoms with E-state index >= 15 is 0 Å². The van der Waals surface area contributed by atoms with E-state index < -0.39 is 69.0 Å². The van der Waals surface area contributed by atoms with Crippen LogP contribution in [0.4, 0.5) is 0 Å². The van der Waals surface area contributed by atoms with Crippen LogP contribution in [0, 0.1) is 0 Å². The highest BCUT2D eigenvalue weighted by Gasteiger charge is 2.19. The standard InChI is InChI=1S/C30H28O12/c31-19-5-13(6-20(32)27(19)39)1-17(2-14-7-21(33)28(40)22(34)8-14)18(3-15-9-23(35)29(41)24(36)10-15)4-16-11-25(37)30(42)26(38)12-16/h5-12,31-42H,1-4H2. The van der Waals surface area contributed by atoms with Gasteiger partial charge in [0.2, 0.25) is 0 Å². The maximum absolute atomic E-state index is 10.1. The van der Waals surface area contributed by atoms with Gasteiger partial charge in [0, 0.05) is 0 Å². The fourth-order valence-electron chi connectivity index (χ4n) is 4.66. The maximum Gasteiger partial charge on any atom is 0.200 e. The second kappa shape index (κ2) is 11.4. The van der Waals surface area contributed by atoms with E-state index in [1.807, 2.05) is 0 Å². The van der Waals surface area contributed by atoms with Crippen molar-refractivity contribution in [2.45, 2.75) is 25.7 Å². The van der Waals surface area contributed by atoms with Crippen molar-refractivity contribution in [3.05, 3.63) is 81.9 Å². The first kappa shape index (κ1) is 29.2. The van der Waals surface area contributed by atoms with Crippen LogP contribution < -0.4 is 0 Å². The molecule has 4 rings (SSSR count). The SMILES string of the molecule is Oc1cc(CC(Cc2cc(O)c(O)c(O)c2)=C(Cc2cc(O)c(O)c(O)c2)Cc2cc(O)c(O)c(O)c2)cc(O)c1O. The zero-order valence-electron chi connectivity index (χ0n) is 21.8. The molecule has 4 aromatic carbocycles. The second-order valence-electron chi connectivity index (χ2n) is 9.84. The van der Waals surface area contributed by atoms with Crippen LogP contribution in [0.3, 0.4) is 0 Å². The second-order valence-corrected chi connectivity index (χ2v) is 9.84. The van der Waals surface area contributed by atoms with Crippen LogP contribution in [0.1, 0.15) is 22.3 Å². The van der Waals surface area contributed by atoms with Crippen molar-refractivity contribution in [3.63, 3.8) is 0 Å². The van der Waals surface area contributed by atoms with E-state index in [-0.39, 0.29) is 25.7 Å². The summed E-state index contributed by atoms with van der Waals surface area (Å²) in [7, 11) is 0. The Morgan fingerprint density at radius 3 is 0.571 bits per heavy atom. The molecule has 0 atom stereocenters. The Kier molecular flexibility index (Phi) is 7.91. The van der Waals surface area contributed by atoms with Crippen LogP contribution >= 0.6 is 0 Å². The monoisotopic (exact) mass is 580 g/mol. The number of rotatable bonds is 8. The first-order valence-electron chi connectivity index (χ1n) is 12.4. The van der Waals surface area contributed by atoms with Crippen LogP contribution in [-0.2, 0) is 25.7 Å². The number of allylic oxidation sites excluding steroid dienone is 2. The molecule has 0 fully saturated rings. The Balaban J connectivity index is 1.93. The van der Waals surface area contributed by atoms with Gasteiger partial charge in [0.1, 0.15) is 0 Å². The number of phenolic OH excluding ortho intramolecular Hbond substituents is 12. The molecule has 42 heavy (non-hydrogen) atoms. The smallest absolute Gasteiger partial charge is 0.200 e. The third-order valence-corrected chi connectivity index (χ3v) is 6.69. The topological polar surface area (TPSA) is 243 Å². The third kappa shape index (κ3) is 6.17. The van der Waals surface area contributed by atoms with E-state index in [9.17, 15) is 61.3 Å². The van der Waals surface area contributed by atoms with Gasteiger partial charge in [0.15, 0.2) is 69.0 Å². The molecule has 0 aliphatic carbocycles. The molecule has 0 unspecified atom stereocenters. The summed E-state index contributed by atoms with van der Waals surface area (Å²) in [5, 5.41) is 120. The number of benzene rings is 4. The van der Waals surface area contributed by atoms with Crippen molar-refractivity contribution in [2.75, 3.05) is 0 Å². The van der Waals surface area contributed by atoms with E-state index in [0.29, 0.717) is 33.4 Å². The fraction of sp³-hybridized carbons (Fsp3) is 0.133. The molecule has 12 nitrogen and oxygen atoms in total. The molecule has 0 saturated heterocycles. The molecule has 220 valence electrons. The number of hydrogen-bond donors (Lipinski definition) is 12. The summed E-state index contributed by atoms with van der Waals surface area (Å²) >= 11 is 0. The molecule has 0 aromatic heterocycles. The molecule has 0 aliphatic heterocycles. The highest BCUT2D eigenvalue weighted by atomic mass is 16.3. The minimum absolute atomic E-state index is 0.0226. The molecule has 0 bridgehead atoms. The summed E-state index contributed by atoms with van der Waals surface area (Å²) in [5.41, 5.74) is 2.27. The largest absolute Gasteiger partial charge is 0.504 e. The number of hydrogen-bond acceptors (Lipinski definition) is 12. The Hall–Kier alpha value is -5.78. The van der Waals surface area contributed by atoms with Crippen LogP contribution in [0.2, 0.25) is 0 Å². The third-order valence-electron chi connectivity index (χ3n) is 6.69. The van der Waals surface area contributed by atoms with E-state index in [1.165, 1.54) is 48.5 Å². The molecule has 0 radical (unpaired) electrons. The van der Waals surface area contributed by atoms with E-state index in [1.54, 1.807) is 0 Å². The van der Waals surface area contributed by atoms with Gasteiger partial charge in [-0.25, -0.2) is 0 Å². The van der Waals surface area contributed by atoms with Crippen molar-refractivity contribution in [2.24, 2.45) is 0 Å². The summed E-state index contributed by atoms with van der Waals surface area (Å²) in [6, 6.07) is 9.63. The van der Waals surface area contributed by atoms with Gasteiger partial charge in [0.25, 0.3) is 0 Å². The van der Waals surface area contributed by atoms with Crippen molar-refractivity contribution in [1.82, 2.24) is 0 Å². The van der Waals surface area contributed by atoms with Gasteiger partial charge in [-0.1, -0.05) is 11.1 Å². The van der Waals surface area contributed by atoms with Crippen molar-refractivity contribution < 1.29 is 61.3 Å². The van der Waals surface area contributed by atoms with E-state index in [4.69, 9.17) is 0 Å². The first-order valence-corrected chi connectivity index (χ1v) is 12.4. The van der Waals surface area contributed by atoms with Crippen LogP contribution in [-0.4, -0.2) is 61.3 Å². The zero-order valence-corrected chi connectivity index (χ0v) is 21.8. The molecule has 0 saturated carbocycles. The van der Waals surface area contributed by atoms with Crippen LogP contribution in [0.15, 0.2) is 59.7 Å². The van der Waals surface area contributed by atoms with Gasteiger partial charge >= 0.3 is 0 Å². The van der Waals surface area contributed by atoms with Crippen molar-refractivity contribution in [3.8, 4) is 69.0 Å².